The molecule has 1 aliphatic rings. The highest BCUT2D eigenvalue weighted by atomic mass is 16.6. The highest BCUT2D eigenvalue weighted by molar-refractivity contribution is 6.03. The van der Waals surface area contributed by atoms with E-state index >= 15 is 0 Å². The summed E-state index contributed by atoms with van der Waals surface area (Å²) in [7, 11) is 0. The van der Waals surface area contributed by atoms with Crippen molar-refractivity contribution in [3.63, 3.8) is 0 Å². The first-order valence-corrected chi connectivity index (χ1v) is 7.76. The molecule has 128 valence electrons. The minimum absolute atomic E-state index is 0.0446. The Morgan fingerprint density at radius 1 is 1.12 bits per heavy atom. The van der Waals surface area contributed by atoms with Crippen molar-refractivity contribution >= 4 is 11.9 Å². The molecule has 0 saturated heterocycles. The lowest BCUT2D eigenvalue weighted by molar-refractivity contribution is 0.0716. The molecule has 1 unspecified atom stereocenters. The Kier molecular flexibility index (Phi) is 3.95. The normalized spacial score (nSPS) is 15.1. The molecule has 0 bridgehead atoms. The summed E-state index contributed by atoms with van der Waals surface area (Å²) >= 11 is 0. The van der Waals surface area contributed by atoms with E-state index in [0.29, 0.717) is 22.6 Å². The summed E-state index contributed by atoms with van der Waals surface area (Å²) in [5, 5.41) is 19.0. The van der Waals surface area contributed by atoms with Crippen molar-refractivity contribution < 1.29 is 18.7 Å². The fourth-order valence-corrected chi connectivity index (χ4v) is 2.42. The SMILES string of the molecule is N#Cc1ccc(C(=O)Nc2nnc(C3COc4ccccc4O3)o2)cc1. The first kappa shape index (κ1) is 15.7. The zero-order chi connectivity index (χ0) is 17.9. The minimum atomic E-state index is -0.557. The number of hydrogen-bond donors (Lipinski definition) is 1. The fourth-order valence-electron chi connectivity index (χ4n) is 2.42. The van der Waals surface area contributed by atoms with Gasteiger partial charge in [0.1, 0.15) is 6.61 Å². The molecule has 1 aliphatic heterocycles. The predicted molar refractivity (Wildman–Crippen MR) is 88.7 cm³/mol. The van der Waals surface area contributed by atoms with E-state index in [-0.39, 0.29) is 18.5 Å². The molecule has 0 radical (unpaired) electrons. The number of aromatic nitrogens is 2. The number of hydrogen-bond acceptors (Lipinski definition) is 7. The Morgan fingerprint density at radius 2 is 1.88 bits per heavy atom. The van der Waals surface area contributed by atoms with Gasteiger partial charge >= 0.3 is 6.01 Å². The van der Waals surface area contributed by atoms with Gasteiger partial charge in [0.25, 0.3) is 11.8 Å². The minimum Gasteiger partial charge on any atom is -0.485 e. The van der Waals surface area contributed by atoms with Crippen LogP contribution in [-0.2, 0) is 0 Å². The van der Waals surface area contributed by atoms with E-state index in [4.69, 9.17) is 19.2 Å². The summed E-state index contributed by atoms with van der Waals surface area (Å²) in [5.74, 6) is 1.02. The number of carbonyl (C=O) groups excluding carboxylic acids is 1. The summed E-state index contributed by atoms with van der Waals surface area (Å²) in [4.78, 5) is 12.2. The third kappa shape index (κ3) is 3.06. The Labute approximate surface area is 148 Å². The monoisotopic (exact) mass is 348 g/mol. The lowest BCUT2D eigenvalue weighted by Gasteiger charge is -2.23. The third-order valence-corrected chi connectivity index (χ3v) is 3.72. The zero-order valence-electron chi connectivity index (χ0n) is 13.4. The molecule has 8 heteroatoms. The predicted octanol–water partition coefficient (Wildman–Crippen LogP) is 2.71. The number of para-hydroxylation sites is 2. The Bertz CT molecular complexity index is 991. The third-order valence-electron chi connectivity index (χ3n) is 3.72. The van der Waals surface area contributed by atoms with Crippen LogP contribution in [0.2, 0.25) is 0 Å². The molecule has 1 amide bonds. The van der Waals surface area contributed by atoms with Gasteiger partial charge in [0.15, 0.2) is 11.5 Å². The number of ether oxygens (including phenoxy) is 2. The van der Waals surface area contributed by atoms with Crippen molar-refractivity contribution in [2.24, 2.45) is 0 Å². The van der Waals surface area contributed by atoms with Gasteiger partial charge in [-0.1, -0.05) is 17.2 Å². The Hall–Kier alpha value is -3.86. The van der Waals surface area contributed by atoms with E-state index in [9.17, 15) is 4.79 Å². The molecular formula is C18H12N4O4. The quantitative estimate of drug-likeness (QED) is 0.774. The molecular weight excluding hydrogens is 336 g/mol. The molecule has 1 N–H and O–H groups in total. The number of nitrogens with zero attached hydrogens (tertiary/aromatic N) is 3. The Balaban J connectivity index is 1.45. The average molecular weight is 348 g/mol. The van der Waals surface area contributed by atoms with Crippen LogP contribution in [0, 0.1) is 11.3 Å². The van der Waals surface area contributed by atoms with Crippen molar-refractivity contribution in [1.29, 1.82) is 5.26 Å². The van der Waals surface area contributed by atoms with Gasteiger partial charge in [-0.05, 0) is 36.4 Å². The van der Waals surface area contributed by atoms with Gasteiger partial charge in [-0.25, -0.2) is 0 Å². The van der Waals surface area contributed by atoms with E-state index in [0.717, 1.165) is 0 Å². The van der Waals surface area contributed by atoms with Gasteiger partial charge in [0, 0.05) is 5.56 Å². The molecule has 0 fully saturated rings. The second-order valence-electron chi connectivity index (χ2n) is 5.45. The topological polar surface area (TPSA) is 110 Å². The summed E-state index contributed by atoms with van der Waals surface area (Å²) in [6.07, 6.45) is -0.557. The van der Waals surface area contributed by atoms with E-state index in [1.807, 2.05) is 24.3 Å². The van der Waals surface area contributed by atoms with Crippen molar-refractivity contribution in [3.8, 4) is 17.6 Å². The van der Waals surface area contributed by atoms with Gasteiger partial charge in [0.2, 0.25) is 6.10 Å². The number of anilines is 1. The van der Waals surface area contributed by atoms with Gasteiger partial charge < -0.3 is 13.9 Å². The number of rotatable bonds is 3. The molecule has 1 atom stereocenters. The summed E-state index contributed by atoms with van der Waals surface area (Å²) in [6.45, 7) is 0.224. The molecule has 1 aromatic heterocycles. The number of amides is 1. The molecule has 26 heavy (non-hydrogen) atoms. The molecule has 2 aromatic carbocycles. The second-order valence-corrected chi connectivity index (χ2v) is 5.45. The summed E-state index contributed by atoms with van der Waals surface area (Å²) in [6, 6.07) is 15.4. The van der Waals surface area contributed by atoms with E-state index in [1.165, 1.54) is 0 Å². The van der Waals surface area contributed by atoms with Crippen LogP contribution in [0.15, 0.2) is 52.9 Å². The first-order valence-electron chi connectivity index (χ1n) is 7.76. The van der Waals surface area contributed by atoms with E-state index in [2.05, 4.69) is 15.5 Å². The Morgan fingerprint density at radius 3 is 2.65 bits per heavy atom. The zero-order valence-corrected chi connectivity index (χ0v) is 13.4. The maximum Gasteiger partial charge on any atom is 0.322 e. The van der Waals surface area contributed by atoms with Crippen LogP contribution in [-0.4, -0.2) is 22.7 Å². The highest BCUT2D eigenvalue weighted by Crippen LogP contribution is 2.35. The van der Waals surface area contributed by atoms with Crippen LogP contribution in [0.5, 0.6) is 11.5 Å². The highest BCUT2D eigenvalue weighted by Gasteiger charge is 2.27. The van der Waals surface area contributed by atoms with Crippen LogP contribution in [0.4, 0.5) is 6.01 Å². The number of nitriles is 1. The molecule has 0 spiro atoms. The maximum atomic E-state index is 12.2. The lowest BCUT2D eigenvalue weighted by atomic mass is 10.1. The van der Waals surface area contributed by atoms with Crippen LogP contribution < -0.4 is 14.8 Å². The maximum absolute atomic E-state index is 12.2. The largest absolute Gasteiger partial charge is 0.485 e. The fraction of sp³-hybridized carbons (Fsp3) is 0.111. The van der Waals surface area contributed by atoms with Gasteiger partial charge in [-0.15, -0.1) is 5.10 Å². The number of fused-ring (bicyclic) bond motifs is 1. The standard InChI is InChI=1S/C18H12N4O4/c19-9-11-5-7-12(8-6-11)16(23)20-18-22-21-17(26-18)15-10-24-13-3-1-2-4-14(13)25-15/h1-8,15H,10H2,(H,20,22,23). The van der Waals surface area contributed by atoms with Crippen molar-refractivity contribution in [1.82, 2.24) is 10.2 Å². The molecule has 0 saturated carbocycles. The van der Waals surface area contributed by atoms with Crippen molar-refractivity contribution in [3.05, 3.63) is 65.5 Å². The van der Waals surface area contributed by atoms with Crippen LogP contribution in [0.25, 0.3) is 0 Å². The van der Waals surface area contributed by atoms with E-state index in [1.54, 1.807) is 30.3 Å². The van der Waals surface area contributed by atoms with Crippen LogP contribution >= 0.6 is 0 Å². The molecule has 4 rings (SSSR count). The van der Waals surface area contributed by atoms with Gasteiger partial charge in [-0.2, -0.15) is 5.26 Å². The summed E-state index contributed by atoms with van der Waals surface area (Å²) in [5.41, 5.74) is 0.839. The van der Waals surface area contributed by atoms with Gasteiger partial charge in [0.05, 0.1) is 11.6 Å². The van der Waals surface area contributed by atoms with Crippen molar-refractivity contribution in [2.45, 2.75) is 6.10 Å². The molecule has 3 aromatic rings. The average Bonchev–Trinajstić information content (AvgIpc) is 3.16. The molecule has 8 nitrogen and oxygen atoms in total. The first-order chi connectivity index (χ1) is 12.7. The van der Waals surface area contributed by atoms with Gasteiger partial charge in [-0.3, -0.25) is 10.1 Å². The van der Waals surface area contributed by atoms with Crippen LogP contribution in [0.3, 0.4) is 0 Å². The molecule has 0 aliphatic carbocycles. The van der Waals surface area contributed by atoms with Crippen LogP contribution in [0.1, 0.15) is 27.9 Å². The second kappa shape index (κ2) is 6.57. The summed E-state index contributed by atoms with van der Waals surface area (Å²) < 4.78 is 16.9. The number of carbonyl (C=O) groups is 1. The van der Waals surface area contributed by atoms with Crippen molar-refractivity contribution in [2.75, 3.05) is 11.9 Å². The number of nitrogens with one attached hydrogen (secondary N) is 1. The number of benzene rings is 2. The lowest BCUT2D eigenvalue weighted by Crippen LogP contribution is -2.21. The molecule has 2 heterocycles. The van der Waals surface area contributed by atoms with E-state index < -0.39 is 12.0 Å². The smallest absolute Gasteiger partial charge is 0.322 e.